The third kappa shape index (κ3) is 4.94. The zero-order chi connectivity index (χ0) is 16.8. The summed E-state index contributed by atoms with van der Waals surface area (Å²) in [5.74, 6) is -0.0337. The van der Waals surface area contributed by atoms with Crippen LogP contribution in [-0.2, 0) is 4.79 Å². The van der Waals surface area contributed by atoms with Gasteiger partial charge in [-0.05, 0) is 19.3 Å². The fourth-order valence-corrected chi connectivity index (χ4v) is 2.62. The van der Waals surface area contributed by atoms with Crippen LogP contribution < -0.4 is 5.32 Å². The fourth-order valence-electron chi connectivity index (χ4n) is 2.62. The van der Waals surface area contributed by atoms with Crippen molar-refractivity contribution in [3.05, 3.63) is 0 Å². The third-order valence-electron chi connectivity index (χ3n) is 4.76. The maximum absolute atomic E-state index is 12.2. The van der Waals surface area contributed by atoms with Gasteiger partial charge in [0.25, 0.3) is 0 Å². The minimum Gasteiger partial charge on any atom is -0.395 e. The van der Waals surface area contributed by atoms with E-state index in [1.807, 2.05) is 13.8 Å². The Hall–Kier alpha value is -1.16. The molecule has 0 bridgehead atoms. The summed E-state index contributed by atoms with van der Waals surface area (Å²) >= 11 is 0. The van der Waals surface area contributed by atoms with Crippen LogP contribution in [0.4, 0.5) is 0 Å². The van der Waals surface area contributed by atoms with Crippen LogP contribution in [0.1, 0.15) is 34.1 Å². The summed E-state index contributed by atoms with van der Waals surface area (Å²) < 4.78 is 0. The number of nitriles is 1. The predicted octanol–water partition coefficient (Wildman–Crippen LogP) is 0.429. The van der Waals surface area contributed by atoms with E-state index in [0.717, 1.165) is 32.6 Å². The van der Waals surface area contributed by atoms with Gasteiger partial charge < -0.3 is 10.4 Å². The number of nitrogens with one attached hydrogen (secondary N) is 1. The predicted molar refractivity (Wildman–Crippen MR) is 86.2 cm³/mol. The Kier molecular flexibility index (Phi) is 7.27. The van der Waals surface area contributed by atoms with E-state index in [2.05, 4.69) is 28.1 Å². The van der Waals surface area contributed by atoms with E-state index >= 15 is 0 Å². The molecule has 1 fully saturated rings. The number of rotatable bonds is 7. The number of carbonyl (C=O) groups excluding carboxylic acids is 1. The summed E-state index contributed by atoms with van der Waals surface area (Å²) in [6, 6.07) is 2.42. The molecule has 1 heterocycles. The second-order valence-electron chi connectivity index (χ2n) is 6.57. The van der Waals surface area contributed by atoms with Crippen molar-refractivity contribution in [2.24, 2.45) is 5.92 Å². The second-order valence-corrected chi connectivity index (χ2v) is 6.57. The van der Waals surface area contributed by atoms with Crippen molar-refractivity contribution in [2.75, 3.05) is 39.3 Å². The first-order valence-electron chi connectivity index (χ1n) is 8.15. The van der Waals surface area contributed by atoms with Crippen LogP contribution in [-0.4, -0.2) is 71.7 Å². The lowest BCUT2D eigenvalue weighted by molar-refractivity contribution is -0.124. The third-order valence-corrected chi connectivity index (χ3v) is 4.76. The molecule has 6 nitrogen and oxygen atoms in total. The number of nitrogens with zero attached hydrogens (tertiary/aromatic N) is 3. The van der Waals surface area contributed by atoms with Gasteiger partial charge >= 0.3 is 0 Å². The molecule has 0 saturated carbocycles. The summed E-state index contributed by atoms with van der Waals surface area (Å²) in [6.07, 6.45) is 0.936. The first-order chi connectivity index (χ1) is 10.4. The van der Waals surface area contributed by atoms with Crippen molar-refractivity contribution < 1.29 is 9.90 Å². The summed E-state index contributed by atoms with van der Waals surface area (Å²) in [5.41, 5.74) is -0.816. The van der Waals surface area contributed by atoms with Gasteiger partial charge in [0.05, 0.1) is 19.2 Å². The van der Waals surface area contributed by atoms with Gasteiger partial charge in [-0.2, -0.15) is 5.26 Å². The maximum Gasteiger partial charge on any atom is 0.235 e. The molecule has 1 aliphatic rings. The van der Waals surface area contributed by atoms with Crippen LogP contribution in [0, 0.1) is 17.2 Å². The van der Waals surface area contributed by atoms with E-state index in [-0.39, 0.29) is 24.5 Å². The average Bonchev–Trinajstić information content (AvgIpc) is 2.49. The first kappa shape index (κ1) is 18.9. The van der Waals surface area contributed by atoms with Crippen molar-refractivity contribution in [3.63, 3.8) is 0 Å². The van der Waals surface area contributed by atoms with Crippen molar-refractivity contribution in [3.8, 4) is 6.07 Å². The lowest BCUT2D eigenvalue weighted by Crippen LogP contribution is -2.55. The number of aliphatic hydroxyl groups excluding tert-OH is 1. The molecule has 1 rings (SSSR count). The molecule has 0 radical (unpaired) electrons. The van der Waals surface area contributed by atoms with Crippen LogP contribution >= 0.6 is 0 Å². The van der Waals surface area contributed by atoms with Crippen molar-refractivity contribution in [1.82, 2.24) is 15.1 Å². The van der Waals surface area contributed by atoms with Crippen LogP contribution in [0.5, 0.6) is 0 Å². The highest BCUT2D eigenvalue weighted by Crippen LogP contribution is 2.15. The monoisotopic (exact) mass is 310 g/mol. The fraction of sp³-hybridized carbons (Fsp3) is 0.875. The molecule has 2 unspecified atom stereocenters. The lowest BCUT2D eigenvalue weighted by Gasteiger charge is -2.38. The van der Waals surface area contributed by atoms with E-state index in [0.29, 0.717) is 6.54 Å². The molecule has 0 aliphatic carbocycles. The average molecular weight is 310 g/mol. The van der Waals surface area contributed by atoms with Gasteiger partial charge in [0.15, 0.2) is 0 Å². The molecule has 22 heavy (non-hydrogen) atoms. The molecule has 0 aromatic heterocycles. The second kappa shape index (κ2) is 8.47. The van der Waals surface area contributed by atoms with Crippen LogP contribution in [0.2, 0.25) is 0 Å². The van der Waals surface area contributed by atoms with Gasteiger partial charge in [-0.3, -0.25) is 14.6 Å². The summed E-state index contributed by atoms with van der Waals surface area (Å²) in [4.78, 5) is 16.5. The molecule has 1 saturated heterocycles. The Bertz CT molecular complexity index is 395. The topological polar surface area (TPSA) is 79.6 Å². The highest BCUT2D eigenvalue weighted by molar-refractivity contribution is 5.79. The summed E-state index contributed by atoms with van der Waals surface area (Å²) in [6.45, 7) is 11.6. The maximum atomic E-state index is 12.2. The Morgan fingerprint density at radius 1 is 1.36 bits per heavy atom. The molecular weight excluding hydrogens is 280 g/mol. The van der Waals surface area contributed by atoms with E-state index in [1.165, 1.54) is 0 Å². The van der Waals surface area contributed by atoms with E-state index in [9.17, 15) is 15.2 Å². The number of hydrogen-bond acceptors (Lipinski definition) is 5. The molecule has 2 N–H and O–H groups in total. The molecule has 1 aliphatic heterocycles. The summed E-state index contributed by atoms with van der Waals surface area (Å²) in [7, 11) is 0. The molecule has 0 spiro atoms. The molecule has 0 aromatic rings. The Morgan fingerprint density at radius 2 is 1.95 bits per heavy atom. The molecule has 0 aromatic carbocycles. The zero-order valence-corrected chi connectivity index (χ0v) is 14.3. The quantitative estimate of drug-likeness (QED) is 0.713. The van der Waals surface area contributed by atoms with Crippen molar-refractivity contribution in [1.29, 1.82) is 5.26 Å². The van der Waals surface area contributed by atoms with Crippen molar-refractivity contribution >= 4 is 5.91 Å². The normalized spacial score (nSPS) is 21.1. The highest BCUT2D eigenvalue weighted by Gasteiger charge is 2.31. The standard InChI is InChI=1S/C16H30N4O2/c1-5-14(11-21)20-8-6-19(7-9-20)10-15(22)18-16(4,12-17)13(2)3/h13-14,21H,5-11H2,1-4H3,(H,18,22). The number of hydrogen-bond donors (Lipinski definition) is 2. The molecular formula is C16H30N4O2. The molecule has 6 heteroatoms. The minimum absolute atomic E-state index is 0.0631. The molecule has 1 amide bonds. The Morgan fingerprint density at radius 3 is 2.36 bits per heavy atom. The molecule has 126 valence electrons. The highest BCUT2D eigenvalue weighted by atomic mass is 16.3. The van der Waals surface area contributed by atoms with Gasteiger partial charge in [0.2, 0.25) is 5.91 Å². The zero-order valence-electron chi connectivity index (χ0n) is 14.3. The minimum atomic E-state index is -0.816. The van der Waals surface area contributed by atoms with Crippen LogP contribution in [0.15, 0.2) is 0 Å². The Labute approximate surface area is 134 Å². The van der Waals surface area contributed by atoms with E-state index < -0.39 is 5.54 Å². The van der Waals surface area contributed by atoms with Gasteiger partial charge in [0.1, 0.15) is 5.54 Å². The van der Waals surface area contributed by atoms with E-state index in [4.69, 9.17) is 0 Å². The van der Waals surface area contributed by atoms with Gasteiger partial charge in [-0.25, -0.2) is 0 Å². The van der Waals surface area contributed by atoms with Crippen molar-refractivity contribution in [2.45, 2.75) is 45.7 Å². The first-order valence-corrected chi connectivity index (χ1v) is 8.15. The van der Waals surface area contributed by atoms with Gasteiger partial charge in [0, 0.05) is 32.2 Å². The Balaban J connectivity index is 2.44. The van der Waals surface area contributed by atoms with Gasteiger partial charge in [-0.1, -0.05) is 20.8 Å². The lowest BCUT2D eigenvalue weighted by atomic mass is 9.90. The number of amides is 1. The van der Waals surface area contributed by atoms with Crippen LogP contribution in [0.25, 0.3) is 0 Å². The number of carbonyl (C=O) groups is 1. The smallest absolute Gasteiger partial charge is 0.235 e. The largest absolute Gasteiger partial charge is 0.395 e. The van der Waals surface area contributed by atoms with E-state index in [1.54, 1.807) is 6.92 Å². The van der Waals surface area contributed by atoms with Crippen LogP contribution in [0.3, 0.4) is 0 Å². The number of aliphatic hydroxyl groups is 1. The SMILES string of the molecule is CCC(CO)N1CCN(CC(=O)NC(C)(C#N)C(C)C)CC1. The summed E-state index contributed by atoms with van der Waals surface area (Å²) in [5, 5.41) is 21.4. The molecule has 2 atom stereocenters. The van der Waals surface area contributed by atoms with Gasteiger partial charge in [-0.15, -0.1) is 0 Å². The number of piperazine rings is 1.